The Balaban J connectivity index is 2.55. The van der Waals surface area contributed by atoms with Crippen molar-refractivity contribution in [3.8, 4) is 11.8 Å². The van der Waals surface area contributed by atoms with Gasteiger partial charge >= 0.3 is 6.03 Å². The Labute approximate surface area is 97.9 Å². The molecule has 0 aliphatic carbocycles. The van der Waals surface area contributed by atoms with Gasteiger partial charge in [0.2, 0.25) is 0 Å². The first-order chi connectivity index (χ1) is 7.61. The van der Waals surface area contributed by atoms with Crippen molar-refractivity contribution in [2.75, 3.05) is 11.9 Å². The Morgan fingerprint density at radius 2 is 2.44 bits per heavy atom. The first-order valence-electron chi connectivity index (χ1n) is 4.75. The van der Waals surface area contributed by atoms with Crippen molar-refractivity contribution in [1.29, 1.82) is 0 Å². The fourth-order valence-electron chi connectivity index (χ4n) is 0.912. The van der Waals surface area contributed by atoms with Crippen molar-refractivity contribution in [2.45, 2.75) is 19.9 Å². The average Bonchev–Trinajstić information content (AvgIpc) is 2.61. The molecule has 0 saturated heterocycles. The van der Waals surface area contributed by atoms with Crippen molar-refractivity contribution < 1.29 is 9.90 Å². The lowest BCUT2D eigenvalue weighted by Gasteiger charge is -2.07. The van der Waals surface area contributed by atoms with Crippen LogP contribution in [0.25, 0.3) is 0 Å². The van der Waals surface area contributed by atoms with Gasteiger partial charge in [-0.1, -0.05) is 23.2 Å². The van der Waals surface area contributed by atoms with E-state index in [1.54, 1.807) is 6.20 Å². The highest BCUT2D eigenvalue weighted by Gasteiger charge is 2.05. The quantitative estimate of drug-likeness (QED) is 0.674. The minimum Gasteiger partial charge on any atom is -0.384 e. The number of aliphatic hydroxyl groups excluding tert-OH is 1. The molecule has 1 aromatic heterocycles. The topological polar surface area (TPSA) is 74.2 Å². The van der Waals surface area contributed by atoms with Gasteiger partial charge in [-0.25, -0.2) is 9.78 Å². The molecule has 0 unspecified atom stereocenters. The van der Waals surface area contributed by atoms with Gasteiger partial charge in [0.1, 0.15) is 6.61 Å². The fraction of sp³-hybridized carbons (Fsp3) is 0.400. The lowest BCUT2D eigenvalue weighted by atomic mass is 10.4. The highest BCUT2D eigenvalue weighted by atomic mass is 32.1. The van der Waals surface area contributed by atoms with Gasteiger partial charge in [-0.2, -0.15) is 0 Å². The Morgan fingerprint density at radius 1 is 1.69 bits per heavy atom. The van der Waals surface area contributed by atoms with Crippen LogP contribution in [0.3, 0.4) is 0 Å². The monoisotopic (exact) mass is 239 g/mol. The predicted octanol–water partition coefficient (Wildman–Crippen LogP) is 1.02. The summed E-state index contributed by atoms with van der Waals surface area (Å²) in [5, 5.41) is 14.3. The highest BCUT2D eigenvalue weighted by Crippen LogP contribution is 2.16. The van der Waals surface area contributed by atoms with Crippen molar-refractivity contribution in [3.63, 3.8) is 0 Å². The molecule has 3 N–H and O–H groups in total. The molecule has 0 aliphatic heterocycles. The lowest BCUT2D eigenvalue weighted by Crippen LogP contribution is -2.34. The third kappa shape index (κ3) is 4.29. The second kappa shape index (κ2) is 6.10. The standard InChI is InChI=1S/C10H13N3O2S/c1-7(2)12-9(15)13-10-11-6-8(16-10)4-3-5-14/h6-7,14H,5H2,1-2H3,(H2,11,12,13,15). The van der Waals surface area contributed by atoms with Crippen LogP contribution >= 0.6 is 11.3 Å². The Hall–Kier alpha value is -1.58. The maximum atomic E-state index is 11.3. The lowest BCUT2D eigenvalue weighted by molar-refractivity contribution is 0.250. The molecular formula is C10H13N3O2S. The maximum absolute atomic E-state index is 11.3. The van der Waals surface area contributed by atoms with Crippen molar-refractivity contribution in [3.05, 3.63) is 11.1 Å². The maximum Gasteiger partial charge on any atom is 0.321 e. The van der Waals surface area contributed by atoms with Crippen LogP contribution in [0.1, 0.15) is 18.7 Å². The second-order valence-electron chi connectivity index (χ2n) is 3.24. The van der Waals surface area contributed by atoms with Gasteiger partial charge in [0.05, 0.1) is 11.1 Å². The van der Waals surface area contributed by atoms with E-state index in [4.69, 9.17) is 5.11 Å². The Morgan fingerprint density at radius 3 is 3.06 bits per heavy atom. The van der Waals surface area contributed by atoms with E-state index in [1.807, 2.05) is 13.8 Å². The predicted molar refractivity (Wildman–Crippen MR) is 63.4 cm³/mol. The number of carbonyl (C=O) groups excluding carboxylic acids is 1. The van der Waals surface area contributed by atoms with Crippen molar-refractivity contribution in [2.24, 2.45) is 0 Å². The van der Waals surface area contributed by atoms with E-state index in [0.717, 1.165) is 0 Å². The number of aromatic nitrogens is 1. The van der Waals surface area contributed by atoms with Crippen LogP contribution in [0.4, 0.5) is 9.93 Å². The number of hydrogen-bond donors (Lipinski definition) is 3. The molecule has 0 aliphatic rings. The number of carbonyl (C=O) groups is 1. The van der Waals surface area contributed by atoms with Gasteiger partial charge < -0.3 is 10.4 Å². The molecule has 0 atom stereocenters. The van der Waals surface area contributed by atoms with Gasteiger partial charge in [0.25, 0.3) is 0 Å². The van der Waals surface area contributed by atoms with Crippen LogP contribution in [-0.4, -0.2) is 28.8 Å². The van der Waals surface area contributed by atoms with E-state index < -0.39 is 0 Å². The summed E-state index contributed by atoms with van der Waals surface area (Å²) in [4.78, 5) is 16.0. The molecule has 1 aromatic rings. The van der Waals surface area contributed by atoms with Crippen LogP contribution in [0.2, 0.25) is 0 Å². The summed E-state index contributed by atoms with van der Waals surface area (Å²) in [6, 6.07) is -0.209. The number of thiazole rings is 1. The number of rotatable bonds is 2. The smallest absolute Gasteiger partial charge is 0.321 e. The summed E-state index contributed by atoms with van der Waals surface area (Å²) in [5.41, 5.74) is 0. The van der Waals surface area contributed by atoms with Gasteiger partial charge in [0.15, 0.2) is 5.13 Å². The zero-order chi connectivity index (χ0) is 12.0. The van der Waals surface area contributed by atoms with E-state index in [1.165, 1.54) is 11.3 Å². The molecule has 5 nitrogen and oxygen atoms in total. The summed E-state index contributed by atoms with van der Waals surface area (Å²) >= 11 is 1.26. The first kappa shape index (κ1) is 12.5. The number of urea groups is 1. The molecule has 1 heterocycles. The normalized spacial score (nSPS) is 9.50. The number of nitrogens with one attached hydrogen (secondary N) is 2. The molecule has 0 saturated carbocycles. The molecule has 0 aromatic carbocycles. The minimum atomic E-state index is -0.286. The zero-order valence-corrected chi connectivity index (χ0v) is 9.89. The summed E-state index contributed by atoms with van der Waals surface area (Å²) < 4.78 is 0. The van der Waals surface area contributed by atoms with Gasteiger partial charge in [-0.3, -0.25) is 5.32 Å². The minimum absolute atomic E-state index is 0.0774. The number of amides is 2. The first-order valence-corrected chi connectivity index (χ1v) is 5.56. The molecule has 2 amide bonds. The average molecular weight is 239 g/mol. The number of hydrogen-bond acceptors (Lipinski definition) is 4. The van der Waals surface area contributed by atoms with E-state index in [9.17, 15) is 4.79 Å². The molecule has 86 valence electrons. The number of nitrogens with zero attached hydrogens (tertiary/aromatic N) is 1. The summed E-state index contributed by atoms with van der Waals surface area (Å²) in [6.45, 7) is 3.56. The molecule has 1 rings (SSSR count). The van der Waals surface area contributed by atoms with E-state index in [-0.39, 0.29) is 18.7 Å². The molecule has 6 heteroatoms. The highest BCUT2D eigenvalue weighted by molar-refractivity contribution is 7.16. The number of aliphatic hydroxyl groups is 1. The van der Waals surface area contributed by atoms with E-state index >= 15 is 0 Å². The Bertz CT molecular complexity index is 417. The van der Waals surface area contributed by atoms with Crippen LogP contribution in [0, 0.1) is 11.8 Å². The largest absolute Gasteiger partial charge is 0.384 e. The zero-order valence-electron chi connectivity index (χ0n) is 9.07. The van der Waals surface area contributed by atoms with Gasteiger partial charge in [0, 0.05) is 6.04 Å². The third-order valence-corrected chi connectivity index (χ3v) is 2.26. The van der Waals surface area contributed by atoms with E-state index in [0.29, 0.717) is 10.0 Å². The molecule has 16 heavy (non-hydrogen) atoms. The van der Waals surface area contributed by atoms with Crippen LogP contribution in [0.15, 0.2) is 6.20 Å². The summed E-state index contributed by atoms with van der Waals surface area (Å²) in [6.07, 6.45) is 1.55. The van der Waals surface area contributed by atoms with Gasteiger partial charge in [-0.15, -0.1) is 0 Å². The molecule has 0 bridgehead atoms. The second-order valence-corrected chi connectivity index (χ2v) is 4.27. The summed E-state index contributed by atoms with van der Waals surface area (Å²) in [5.74, 6) is 5.22. The molecule has 0 spiro atoms. The van der Waals surface area contributed by atoms with E-state index in [2.05, 4.69) is 27.5 Å². The summed E-state index contributed by atoms with van der Waals surface area (Å²) in [7, 11) is 0. The molecule has 0 radical (unpaired) electrons. The van der Waals surface area contributed by atoms with Crippen LogP contribution < -0.4 is 10.6 Å². The molecule has 0 fully saturated rings. The molecular weight excluding hydrogens is 226 g/mol. The van der Waals surface area contributed by atoms with Crippen molar-refractivity contribution in [1.82, 2.24) is 10.3 Å². The van der Waals surface area contributed by atoms with Crippen molar-refractivity contribution >= 4 is 22.5 Å². The fourth-order valence-corrected chi connectivity index (χ4v) is 1.60. The number of anilines is 1. The SMILES string of the molecule is CC(C)NC(=O)Nc1ncc(C#CCO)s1. The van der Waals surface area contributed by atoms with Gasteiger partial charge in [-0.05, 0) is 13.8 Å². The van der Waals surface area contributed by atoms with Crippen LogP contribution in [0.5, 0.6) is 0 Å². The third-order valence-electron chi connectivity index (χ3n) is 1.44. The Kier molecular flexibility index (Phi) is 4.76. The van der Waals surface area contributed by atoms with Crippen LogP contribution in [-0.2, 0) is 0 Å².